The van der Waals surface area contributed by atoms with Gasteiger partial charge >= 0.3 is 0 Å². The van der Waals surface area contributed by atoms with Crippen LogP contribution in [0.2, 0.25) is 0 Å². The van der Waals surface area contributed by atoms with E-state index in [1.807, 2.05) is 24.3 Å². The van der Waals surface area contributed by atoms with Crippen molar-refractivity contribution in [2.24, 2.45) is 5.16 Å². The normalized spacial score (nSPS) is 10.6. The molecule has 0 aliphatic carbocycles. The van der Waals surface area contributed by atoms with Crippen molar-refractivity contribution >= 4 is 6.21 Å². The van der Waals surface area contributed by atoms with E-state index in [0.717, 1.165) is 16.9 Å². The second-order valence-electron chi connectivity index (χ2n) is 3.91. The molecule has 4 heteroatoms. The summed E-state index contributed by atoms with van der Waals surface area (Å²) in [5.74, 6) is 0.537. The summed E-state index contributed by atoms with van der Waals surface area (Å²) in [5.41, 5.74) is 1.79. The Morgan fingerprint density at radius 1 is 1.05 bits per heavy atom. The molecule has 0 radical (unpaired) electrons. The number of oxime groups is 1. The summed E-state index contributed by atoms with van der Waals surface area (Å²) in [6.45, 7) is 0.377. The molecule has 0 atom stereocenters. The van der Waals surface area contributed by atoms with Gasteiger partial charge in [0.05, 0.1) is 13.3 Å². The molecule has 0 spiro atoms. The fourth-order valence-electron chi connectivity index (χ4n) is 1.48. The third kappa shape index (κ3) is 4.10. The van der Waals surface area contributed by atoms with E-state index in [1.165, 1.54) is 12.1 Å². The number of halogens is 1. The fraction of sp³-hybridized carbons (Fsp3) is 0.133. The number of hydrogen-bond donors (Lipinski definition) is 0. The molecule has 0 unspecified atom stereocenters. The van der Waals surface area contributed by atoms with Crippen molar-refractivity contribution in [1.29, 1.82) is 0 Å². The topological polar surface area (TPSA) is 30.8 Å². The van der Waals surface area contributed by atoms with Gasteiger partial charge in [0.2, 0.25) is 0 Å². The third-order valence-electron chi connectivity index (χ3n) is 2.54. The molecule has 0 saturated carbocycles. The number of benzene rings is 2. The van der Waals surface area contributed by atoms with Crippen LogP contribution in [0.5, 0.6) is 5.75 Å². The van der Waals surface area contributed by atoms with Crippen molar-refractivity contribution in [3.05, 3.63) is 65.5 Å². The number of nitrogens with zero attached hydrogens (tertiary/aromatic N) is 1. The molecule has 2 aromatic rings. The molecule has 19 heavy (non-hydrogen) atoms. The average molecular weight is 259 g/mol. The Morgan fingerprint density at radius 2 is 1.74 bits per heavy atom. The highest BCUT2D eigenvalue weighted by Gasteiger charge is 1.94. The lowest BCUT2D eigenvalue weighted by Gasteiger charge is -2.02. The molecule has 2 aromatic carbocycles. The fourth-order valence-corrected chi connectivity index (χ4v) is 1.48. The van der Waals surface area contributed by atoms with Crippen molar-refractivity contribution in [1.82, 2.24) is 0 Å². The van der Waals surface area contributed by atoms with Crippen molar-refractivity contribution in [2.75, 3.05) is 7.11 Å². The lowest BCUT2D eigenvalue weighted by atomic mass is 10.2. The minimum absolute atomic E-state index is 0.267. The van der Waals surface area contributed by atoms with Crippen LogP contribution in [0.3, 0.4) is 0 Å². The summed E-state index contributed by atoms with van der Waals surface area (Å²) >= 11 is 0. The van der Waals surface area contributed by atoms with Crippen LogP contribution in [0.4, 0.5) is 4.39 Å². The van der Waals surface area contributed by atoms with Crippen molar-refractivity contribution in [2.45, 2.75) is 6.61 Å². The molecule has 0 aliphatic heterocycles. The number of methoxy groups -OCH3 is 1. The van der Waals surface area contributed by atoms with Gasteiger partial charge in [-0.3, -0.25) is 0 Å². The van der Waals surface area contributed by atoms with E-state index in [1.54, 1.807) is 25.5 Å². The van der Waals surface area contributed by atoms with Gasteiger partial charge in [-0.1, -0.05) is 29.4 Å². The molecule has 0 heterocycles. The van der Waals surface area contributed by atoms with Crippen molar-refractivity contribution in [3.8, 4) is 5.75 Å². The van der Waals surface area contributed by atoms with E-state index in [0.29, 0.717) is 6.61 Å². The number of rotatable bonds is 5. The molecule has 0 amide bonds. The van der Waals surface area contributed by atoms with Gasteiger partial charge in [-0.25, -0.2) is 4.39 Å². The van der Waals surface area contributed by atoms with Gasteiger partial charge in [0.15, 0.2) is 0 Å². The van der Waals surface area contributed by atoms with Crippen LogP contribution in [0.25, 0.3) is 0 Å². The zero-order valence-electron chi connectivity index (χ0n) is 10.5. The summed E-state index contributed by atoms with van der Waals surface area (Å²) < 4.78 is 17.7. The zero-order valence-corrected chi connectivity index (χ0v) is 10.5. The first-order valence-corrected chi connectivity index (χ1v) is 5.82. The lowest BCUT2D eigenvalue weighted by Crippen LogP contribution is -1.89. The third-order valence-corrected chi connectivity index (χ3v) is 2.54. The minimum Gasteiger partial charge on any atom is -0.497 e. The van der Waals surface area contributed by atoms with Crippen molar-refractivity contribution < 1.29 is 14.0 Å². The van der Waals surface area contributed by atoms with Gasteiger partial charge in [0.1, 0.15) is 18.2 Å². The maximum absolute atomic E-state index is 12.7. The Morgan fingerprint density at radius 3 is 2.37 bits per heavy atom. The van der Waals surface area contributed by atoms with Crippen molar-refractivity contribution in [3.63, 3.8) is 0 Å². The van der Waals surface area contributed by atoms with Crippen LogP contribution in [0, 0.1) is 5.82 Å². The maximum Gasteiger partial charge on any atom is 0.142 e. The first-order chi connectivity index (χ1) is 9.28. The molecule has 0 fully saturated rings. The average Bonchev–Trinajstić information content (AvgIpc) is 2.46. The Kier molecular flexibility index (Phi) is 4.50. The summed E-state index contributed by atoms with van der Waals surface area (Å²) in [5, 5.41) is 3.83. The van der Waals surface area contributed by atoms with E-state index in [2.05, 4.69) is 5.16 Å². The van der Waals surface area contributed by atoms with Crippen LogP contribution < -0.4 is 4.74 Å². The molecule has 98 valence electrons. The quantitative estimate of drug-likeness (QED) is 0.608. The summed E-state index contributed by atoms with van der Waals surface area (Å²) in [4.78, 5) is 5.16. The Balaban J connectivity index is 1.83. The predicted octanol–water partition coefficient (Wildman–Crippen LogP) is 3.39. The van der Waals surface area contributed by atoms with E-state index in [9.17, 15) is 4.39 Å². The Bertz CT molecular complexity index is 535. The largest absolute Gasteiger partial charge is 0.497 e. The molecular weight excluding hydrogens is 245 g/mol. The molecule has 2 rings (SSSR count). The summed E-state index contributed by atoms with van der Waals surface area (Å²) in [7, 11) is 1.62. The second-order valence-corrected chi connectivity index (χ2v) is 3.91. The van der Waals surface area contributed by atoms with Crippen LogP contribution >= 0.6 is 0 Å². The molecule has 0 N–H and O–H groups in total. The minimum atomic E-state index is -0.267. The van der Waals surface area contributed by atoms with Crippen LogP contribution in [0.1, 0.15) is 11.1 Å². The second kappa shape index (κ2) is 6.54. The van der Waals surface area contributed by atoms with Crippen LogP contribution in [0.15, 0.2) is 53.7 Å². The maximum atomic E-state index is 12.7. The highest BCUT2D eigenvalue weighted by molar-refractivity contribution is 5.78. The summed E-state index contributed by atoms with van der Waals surface area (Å²) in [6.07, 6.45) is 1.54. The van der Waals surface area contributed by atoms with Gasteiger partial charge in [-0.05, 0) is 35.4 Å². The predicted molar refractivity (Wildman–Crippen MR) is 71.8 cm³/mol. The monoisotopic (exact) mass is 259 g/mol. The highest BCUT2D eigenvalue weighted by Crippen LogP contribution is 2.11. The van der Waals surface area contributed by atoms with Gasteiger partial charge < -0.3 is 9.57 Å². The van der Waals surface area contributed by atoms with E-state index in [4.69, 9.17) is 9.57 Å². The van der Waals surface area contributed by atoms with Crippen LogP contribution in [-0.4, -0.2) is 13.3 Å². The van der Waals surface area contributed by atoms with Gasteiger partial charge in [-0.15, -0.1) is 0 Å². The Labute approximate surface area is 111 Å². The first kappa shape index (κ1) is 13.1. The Hall–Kier alpha value is -2.36. The van der Waals surface area contributed by atoms with E-state index in [-0.39, 0.29) is 5.82 Å². The van der Waals surface area contributed by atoms with Gasteiger partial charge in [0.25, 0.3) is 0 Å². The SMILES string of the molecule is COc1ccc(CON=Cc2ccc(F)cc2)cc1. The molecule has 0 aliphatic rings. The van der Waals surface area contributed by atoms with Crippen LogP contribution in [-0.2, 0) is 11.4 Å². The molecule has 0 saturated heterocycles. The van der Waals surface area contributed by atoms with E-state index >= 15 is 0 Å². The van der Waals surface area contributed by atoms with Gasteiger partial charge in [0, 0.05) is 0 Å². The molecular formula is C15H14FNO2. The number of hydrogen-bond acceptors (Lipinski definition) is 3. The lowest BCUT2D eigenvalue weighted by molar-refractivity contribution is 0.132. The van der Waals surface area contributed by atoms with E-state index < -0.39 is 0 Å². The highest BCUT2D eigenvalue weighted by atomic mass is 19.1. The number of ether oxygens (including phenoxy) is 1. The smallest absolute Gasteiger partial charge is 0.142 e. The first-order valence-electron chi connectivity index (χ1n) is 5.82. The van der Waals surface area contributed by atoms with Gasteiger partial charge in [-0.2, -0.15) is 0 Å². The summed E-state index contributed by atoms with van der Waals surface area (Å²) in [6, 6.07) is 13.6. The molecule has 0 aromatic heterocycles. The molecule has 0 bridgehead atoms. The standard InChI is InChI=1S/C15H14FNO2/c1-18-15-8-4-13(5-9-15)11-19-17-10-12-2-6-14(16)7-3-12/h2-10H,11H2,1H3. The molecule has 3 nitrogen and oxygen atoms in total. The zero-order chi connectivity index (χ0) is 13.5.